The zero-order chi connectivity index (χ0) is 7.78. The summed E-state index contributed by atoms with van der Waals surface area (Å²) < 4.78 is 10.4. The Kier molecular flexibility index (Phi) is 6.42. The second kappa shape index (κ2) is 7.28. The summed E-state index contributed by atoms with van der Waals surface area (Å²) in [4.78, 5) is 0. The third kappa shape index (κ3) is 5.84. The van der Waals surface area contributed by atoms with Crippen LogP contribution < -0.4 is 0 Å². The van der Waals surface area contributed by atoms with E-state index in [0.29, 0.717) is 6.79 Å². The first-order valence-corrected chi connectivity index (χ1v) is 6.39. The first-order valence-electron chi connectivity index (χ1n) is 3.90. The minimum Gasteiger partial charge on any atom is -0.355 e. The molecule has 1 saturated heterocycles. The molecule has 1 aliphatic heterocycles. The second-order valence-electron chi connectivity index (χ2n) is 2.29. The molecular weight excluding hydrogens is 180 g/mol. The van der Waals surface area contributed by atoms with Crippen molar-refractivity contribution in [3.8, 4) is 0 Å². The molecule has 1 fully saturated rings. The van der Waals surface area contributed by atoms with Crippen molar-refractivity contribution < 1.29 is 9.47 Å². The quantitative estimate of drug-likeness (QED) is 0.550. The van der Waals surface area contributed by atoms with Crippen LogP contribution in [-0.4, -0.2) is 31.5 Å². The summed E-state index contributed by atoms with van der Waals surface area (Å²) in [5.74, 6) is 2.40. The lowest BCUT2D eigenvalue weighted by atomic mass is 10.5. The second-order valence-corrected chi connectivity index (χ2v) is 4.99. The molecular formula is C7H14O2S2. The molecule has 0 aromatic carbocycles. The number of hydrogen-bond donors (Lipinski definition) is 0. The third-order valence-electron chi connectivity index (χ3n) is 1.28. The highest BCUT2D eigenvalue weighted by molar-refractivity contribution is 8.76. The highest BCUT2D eigenvalue weighted by Crippen LogP contribution is 2.22. The summed E-state index contributed by atoms with van der Waals surface area (Å²) in [6, 6.07) is 0. The SMILES string of the molecule is C1COCOCCCSSC1. The van der Waals surface area contributed by atoms with Crippen LogP contribution in [0.15, 0.2) is 0 Å². The zero-order valence-corrected chi connectivity index (χ0v) is 8.22. The smallest absolute Gasteiger partial charge is 0.146 e. The van der Waals surface area contributed by atoms with Gasteiger partial charge in [-0.15, -0.1) is 0 Å². The maximum absolute atomic E-state index is 5.22. The predicted octanol–water partition coefficient (Wildman–Crippen LogP) is 2.15. The fraction of sp³-hybridized carbons (Fsp3) is 1.00. The van der Waals surface area contributed by atoms with Gasteiger partial charge in [-0.05, 0) is 12.8 Å². The zero-order valence-electron chi connectivity index (χ0n) is 6.58. The van der Waals surface area contributed by atoms with Crippen LogP contribution in [0, 0.1) is 0 Å². The van der Waals surface area contributed by atoms with Crippen LogP contribution in [0.1, 0.15) is 12.8 Å². The van der Waals surface area contributed by atoms with Crippen LogP contribution >= 0.6 is 21.6 Å². The van der Waals surface area contributed by atoms with Crippen LogP contribution in [0.25, 0.3) is 0 Å². The average molecular weight is 194 g/mol. The third-order valence-corrected chi connectivity index (χ3v) is 3.86. The number of rotatable bonds is 0. The molecule has 0 N–H and O–H groups in total. The van der Waals surface area contributed by atoms with Crippen LogP contribution in [0.4, 0.5) is 0 Å². The molecule has 0 aromatic rings. The van der Waals surface area contributed by atoms with Gasteiger partial charge in [0.05, 0.1) is 13.2 Å². The van der Waals surface area contributed by atoms with Crippen LogP contribution in [-0.2, 0) is 9.47 Å². The van der Waals surface area contributed by atoms with Crippen LogP contribution in [0.2, 0.25) is 0 Å². The van der Waals surface area contributed by atoms with E-state index < -0.39 is 0 Å². The molecule has 1 aliphatic rings. The van der Waals surface area contributed by atoms with Gasteiger partial charge in [-0.1, -0.05) is 21.6 Å². The minimum atomic E-state index is 0.481. The molecule has 0 aliphatic carbocycles. The van der Waals surface area contributed by atoms with E-state index in [1.165, 1.54) is 11.5 Å². The molecule has 66 valence electrons. The van der Waals surface area contributed by atoms with E-state index in [-0.39, 0.29) is 0 Å². The fourth-order valence-corrected chi connectivity index (χ4v) is 2.86. The maximum Gasteiger partial charge on any atom is 0.146 e. The lowest BCUT2D eigenvalue weighted by Crippen LogP contribution is -2.02. The Balaban J connectivity index is 2.02. The summed E-state index contributed by atoms with van der Waals surface area (Å²) >= 11 is 0. The van der Waals surface area contributed by atoms with Crippen molar-refractivity contribution in [2.75, 3.05) is 31.5 Å². The Bertz CT molecular complexity index is 52.5. The molecule has 1 rings (SSSR count). The van der Waals surface area contributed by atoms with Gasteiger partial charge in [-0.25, -0.2) is 0 Å². The standard InChI is InChI=1S/C7H14O2S2/c1-3-8-7-9-4-2-6-11-10-5-1/h1-7H2. The van der Waals surface area contributed by atoms with Gasteiger partial charge in [0.2, 0.25) is 0 Å². The van der Waals surface area contributed by atoms with E-state index in [1.54, 1.807) is 0 Å². The largest absolute Gasteiger partial charge is 0.355 e. The van der Waals surface area contributed by atoms with Crippen LogP contribution in [0.3, 0.4) is 0 Å². The Morgan fingerprint density at radius 1 is 0.818 bits per heavy atom. The molecule has 4 heteroatoms. The van der Waals surface area contributed by atoms with Crippen molar-refractivity contribution in [2.24, 2.45) is 0 Å². The fourth-order valence-electron chi connectivity index (χ4n) is 0.734. The molecule has 2 nitrogen and oxygen atoms in total. The monoisotopic (exact) mass is 194 g/mol. The van der Waals surface area contributed by atoms with Gasteiger partial charge in [0.15, 0.2) is 0 Å². The molecule has 0 radical (unpaired) electrons. The van der Waals surface area contributed by atoms with Crippen molar-refractivity contribution in [2.45, 2.75) is 12.8 Å². The molecule has 0 spiro atoms. The van der Waals surface area contributed by atoms with Gasteiger partial charge in [0, 0.05) is 11.5 Å². The van der Waals surface area contributed by atoms with E-state index in [2.05, 4.69) is 0 Å². The number of hydrogen-bond acceptors (Lipinski definition) is 4. The summed E-state index contributed by atoms with van der Waals surface area (Å²) in [5.41, 5.74) is 0. The van der Waals surface area contributed by atoms with Crippen molar-refractivity contribution in [3.05, 3.63) is 0 Å². The Labute approximate surface area is 75.8 Å². The van der Waals surface area contributed by atoms with E-state index in [1.807, 2.05) is 21.6 Å². The normalized spacial score (nSPS) is 24.0. The van der Waals surface area contributed by atoms with Crippen molar-refractivity contribution in [1.29, 1.82) is 0 Å². The Morgan fingerprint density at radius 3 is 1.91 bits per heavy atom. The minimum absolute atomic E-state index is 0.481. The van der Waals surface area contributed by atoms with Gasteiger partial charge in [-0.3, -0.25) is 0 Å². The van der Waals surface area contributed by atoms with E-state index in [9.17, 15) is 0 Å². The molecule has 0 unspecified atom stereocenters. The maximum atomic E-state index is 5.22. The highest BCUT2D eigenvalue weighted by atomic mass is 33.1. The summed E-state index contributed by atoms with van der Waals surface area (Å²) in [6.45, 7) is 2.16. The van der Waals surface area contributed by atoms with Gasteiger partial charge in [-0.2, -0.15) is 0 Å². The van der Waals surface area contributed by atoms with Gasteiger partial charge < -0.3 is 9.47 Å². The number of ether oxygens (including phenoxy) is 2. The molecule has 0 aromatic heterocycles. The van der Waals surface area contributed by atoms with Crippen LogP contribution in [0.5, 0.6) is 0 Å². The first kappa shape index (κ1) is 9.71. The van der Waals surface area contributed by atoms with E-state index in [4.69, 9.17) is 9.47 Å². The highest BCUT2D eigenvalue weighted by Gasteiger charge is 1.95. The summed E-state index contributed by atoms with van der Waals surface area (Å²) in [6.07, 6.45) is 2.28. The van der Waals surface area contributed by atoms with Gasteiger partial charge in [0.25, 0.3) is 0 Å². The lowest BCUT2D eigenvalue weighted by Gasteiger charge is -2.02. The lowest BCUT2D eigenvalue weighted by molar-refractivity contribution is -0.0526. The molecule has 0 bridgehead atoms. The van der Waals surface area contributed by atoms with E-state index >= 15 is 0 Å². The van der Waals surface area contributed by atoms with E-state index in [0.717, 1.165) is 26.1 Å². The van der Waals surface area contributed by atoms with Crippen molar-refractivity contribution in [1.82, 2.24) is 0 Å². The topological polar surface area (TPSA) is 18.5 Å². The Hall–Kier alpha value is 0.620. The summed E-state index contributed by atoms with van der Waals surface area (Å²) in [7, 11) is 3.88. The molecule has 11 heavy (non-hydrogen) atoms. The van der Waals surface area contributed by atoms with Gasteiger partial charge >= 0.3 is 0 Å². The van der Waals surface area contributed by atoms with Crippen molar-refractivity contribution in [3.63, 3.8) is 0 Å². The van der Waals surface area contributed by atoms with Crippen molar-refractivity contribution >= 4 is 21.6 Å². The molecule has 1 heterocycles. The average Bonchev–Trinajstić information content (AvgIpc) is 2.08. The predicted molar refractivity (Wildman–Crippen MR) is 50.9 cm³/mol. The molecule has 0 atom stereocenters. The summed E-state index contributed by atoms with van der Waals surface area (Å²) in [5, 5.41) is 0. The Morgan fingerprint density at radius 2 is 1.36 bits per heavy atom. The first-order chi connectivity index (χ1) is 5.50. The van der Waals surface area contributed by atoms with Gasteiger partial charge in [0.1, 0.15) is 6.79 Å². The molecule has 0 amide bonds. The molecule has 0 saturated carbocycles.